The highest BCUT2D eigenvalue weighted by molar-refractivity contribution is 6.04. The zero-order valence-corrected chi connectivity index (χ0v) is 20.7. The predicted molar refractivity (Wildman–Crippen MR) is 135 cm³/mol. The fraction of sp³-hybridized carbons (Fsp3) is 0.308. The third-order valence-corrected chi connectivity index (χ3v) is 6.62. The van der Waals surface area contributed by atoms with Crippen LogP contribution in [0.4, 0.5) is 24.8 Å². The van der Waals surface area contributed by atoms with Crippen molar-refractivity contribution < 1.29 is 22.7 Å². The van der Waals surface area contributed by atoms with E-state index in [2.05, 4.69) is 34.0 Å². The van der Waals surface area contributed by atoms with E-state index in [1.54, 1.807) is 36.7 Å². The normalized spacial score (nSPS) is 18.6. The number of carbonyl (C=O) groups is 1. The number of likely N-dealkylation sites (N-methyl/N-ethyl adjacent to an activating group) is 1. The van der Waals surface area contributed by atoms with E-state index in [0.717, 1.165) is 24.9 Å². The van der Waals surface area contributed by atoms with Crippen LogP contribution < -0.4 is 11.1 Å². The second-order valence-corrected chi connectivity index (χ2v) is 9.07. The van der Waals surface area contributed by atoms with E-state index in [1.807, 2.05) is 4.40 Å². The zero-order valence-electron chi connectivity index (χ0n) is 20.7. The Morgan fingerprint density at radius 3 is 2.66 bits per heavy atom. The number of nitrogens with two attached hydrogens (primary N) is 1. The van der Waals surface area contributed by atoms with Crippen LogP contribution >= 0.6 is 0 Å². The number of nitrogens with zero attached hydrogens (tertiary/aromatic N) is 5. The number of ether oxygens (including phenoxy) is 1. The molecule has 1 saturated heterocycles. The van der Waals surface area contributed by atoms with Gasteiger partial charge in [0.15, 0.2) is 0 Å². The van der Waals surface area contributed by atoms with E-state index in [0.29, 0.717) is 47.6 Å². The number of fused-ring (bicyclic) bond motifs is 1. The van der Waals surface area contributed by atoms with Gasteiger partial charge in [-0.15, -0.1) is 0 Å². The fourth-order valence-electron chi connectivity index (χ4n) is 4.56. The minimum absolute atomic E-state index is 0.194. The summed E-state index contributed by atoms with van der Waals surface area (Å²) in [6.07, 6.45) is -0.408. The summed E-state index contributed by atoms with van der Waals surface area (Å²) in [5.74, 6) is 0.215. The number of halogens is 3. The molecule has 198 valence electrons. The summed E-state index contributed by atoms with van der Waals surface area (Å²) in [5.41, 5.74) is 7.49. The first-order valence-electron chi connectivity index (χ1n) is 12.1. The minimum atomic E-state index is -4.54. The van der Waals surface area contributed by atoms with Crippen LogP contribution in [0.3, 0.4) is 0 Å². The maximum Gasteiger partial charge on any atom is 0.416 e. The van der Waals surface area contributed by atoms with Crippen LogP contribution in [0.15, 0.2) is 55.0 Å². The van der Waals surface area contributed by atoms with Gasteiger partial charge in [-0.05, 0) is 37.7 Å². The molecule has 1 fully saturated rings. The number of rotatable bonds is 5. The quantitative estimate of drug-likeness (QED) is 0.397. The lowest BCUT2D eigenvalue weighted by Gasteiger charge is -2.36. The van der Waals surface area contributed by atoms with Gasteiger partial charge in [0.25, 0.3) is 5.91 Å². The lowest BCUT2D eigenvalue weighted by Crippen LogP contribution is -2.45. The number of nitrogens with one attached hydrogen (secondary N) is 1. The molecule has 0 unspecified atom stereocenters. The summed E-state index contributed by atoms with van der Waals surface area (Å²) in [6.45, 7) is 6.38. The third kappa shape index (κ3) is 4.92. The van der Waals surface area contributed by atoms with E-state index >= 15 is 0 Å². The summed E-state index contributed by atoms with van der Waals surface area (Å²) in [6, 6.07) is 8.46. The molecule has 0 radical (unpaired) electrons. The first kappa shape index (κ1) is 25.6. The van der Waals surface area contributed by atoms with Crippen molar-refractivity contribution in [3.63, 3.8) is 0 Å². The third-order valence-electron chi connectivity index (χ3n) is 6.62. The van der Waals surface area contributed by atoms with Gasteiger partial charge in [-0.3, -0.25) is 14.1 Å². The van der Waals surface area contributed by atoms with Crippen molar-refractivity contribution in [2.24, 2.45) is 0 Å². The average molecular weight is 526 g/mol. The minimum Gasteiger partial charge on any atom is -0.382 e. The molecule has 2 atom stereocenters. The molecule has 0 spiro atoms. The first-order chi connectivity index (χ1) is 18.2. The molecule has 5 rings (SSSR count). The van der Waals surface area contributed by atoms with Crippen LogP contribution in [0.1, 0.15) is 41.7 Å². The Labute approximate surface area is 216 Å². The van der Waals surface area contributed by atoms with Crippen LogP contribution in [0.5, 0.6) is 0 Å². The van der Waals surface area contributed by atoms with Crippen LogP contribution in [0.25, 0.3) is 16.8 Å². The zero-order chi connectivity index (χ0) is 27.0. The van der Waals surface area contributed by atoms with Gasteiger partial charge in [0.1, 0.15) is 34.8 Å². The van der Waals surface area contributed by atoms with E-state index in [1.165, 1.54) is 0 Å². The van der Waals surface area contributed by atoms with Gasteiger partial charge < -0.3 is 15.8 Å². The number of aromatic nitrogens is 4. The van der Waals surface area contributed by atoms with Crippen molar-refractivity contribution in [2.45, 2.75) is 32.2 Å². The number of alkyl halides is 3. The molecular formula is C26H26F3N7O2. The Hall–Kier alpha value is -4.03. The second kappa shape index (κ2) is 10.0. The molecule has 38 heavy (non-hydrogen) atoms. The Morgan fingerprint density at radius 1 is 1.18 bits per heavy atom. The highest BCUT2D eigenvalue weighted by atomic mass is 19.4. The van der Waals surface area contributed by atoms with Crippen molar-refractivity contribution in [1.29, 1.82) is 0 Å². The van der Waals surface area contributed by atoms with E-state index in [4.69, 9.17) is 15.5 Å². The standard InChI is InChI=1S/C26H26F3N7O2/c1-3-35-13-19(38-14-15(35)2)24-34-21(22-23(30)32-10-11-36(22)24)16-4-6-17(7-5-16)25(37)33-20-12-18(8-9-31-20)26(27,28)29/h4-12,15,19H,3,13-14H2,1-2H3,(H2,30,32)(H,31,33,37)/t15-,19+/m0/s1. The molecule has 1 aromatic carbocycles. The number of morpholine rings is 1. The Kier molecular flexibility index (Phi) is 6.76. The number of nitrogen functional groups attached to an aromatic ring is 1. The van der Waals surface area contributed by atoms with Crippen molar-refractivity contribution >= 4 is 23.1 Å². The van der Waals surface area contributed by atoms with Crippen LogP contribution in [-0.4, -0.2) is 55.9 Å². The summed E-state index contributed by atoms with van der Waals surface area (Å²) < 4.78 is 46.9. The van der Waals surface area contributed by atoms with E-state index < -0.39 is 17.6 Å². The van der Waals surface area contributed by atoms with Crippen molar-refractivity contribution in [3.05, 3.63) is 71.9 Å². The van der Waals surface area contributed by atoms with Crippen LogP contribution in [0.2, 0.25) is 0 Å². The topological polar surface area (TPSA) is 111 Å². The smallest absolute Gasteiger partial charge is 0.382 e. The molecule has 1 amide bonds. The van der Waals surface area contributed by atoms with Gasteiger partial charge in [0, 0.05) is 42.3 Å². The maximum absolute atomic E-state index is 13.0. The number of imidazole rings is 1. The lowest BCUT2D eigenvalue weighted by molar-refractivity contribution is -0.137. The fourth-order valence-corrected chi connectivity index (χ4v) is 4.56. The lowest BCUT2D eigenvalue weighted by atomic mass is 10.1. The van der Waals surface area contributed by atoms with Crippen molar-refractivity contribution in [3.8, 4) is 11.3 Å². The largest absolute Gasteiger partial charge is 0.416 e. The van der Waals surface area contributed by atoms with Crippen molar-refractivity contribution in [1.82, 2.24) is 24.3 Å². The molecule has 1 aliphatic rings. The van der Waals surface area contributed by atoms with Crippen LogP contribution in [-0.2, 0) is 10.9 Å². The Morgan fingerprint density at radius 2 is 1.95 bits per heavy atom. The molecule has 4 aromatic rings. The van der Waals surface area contributed by atoms with Gasteiger partial charge >= 0.3 is 6.18 Å². The molecule has 4 heterocycles. The van der Waals surface area contributed by atoms with Gasteiger partial charge in [-0.2, -0.15) is 13.2 Å². The molecule has 12 heteroatoms. The number of benzene rings is 1. The van der Waals surface area contributed by atoms with Crippen molar-refractivity contribution in [2.75, 3.05) is 30.7 Å². The molecule has 0 saturated carbocycles. The van der Waals surface area contributed by atoms with E-state index in [-0.39, 0.29) is 17.5 Å². The Bertz CT molecular complexity index is 1470. The van der Waals surface area contributed by atoms with Gasteiger partial charge in [-0.25, -0.2) is 15.0 Å². The number of pyridine rings is 1. The highest BCUT2D eigenvalue weighted by Gasteiger charge is 2.32. The summed E-state index contributed by atoms with van der Waals surface area (Å²) in [7, 11) is 0. The molecule has 0 bridgehead atoms. The number of hydrogen-bond acceptors (Lipinski definition) is 7. The number of carbonyl (C=O) groups excluding carboxylic acids is 1. The number of hydrogen-bond donors (Lipinski definition) is 2. The average Bonchev–Trinajstić information content (AvgIpc) is 3.30. The van der Waals surface area contributed by atoms with Gasteiger partial charge in [-0.1, -0.05) is 19.1 Å². The van der Waals surface area contributed by atoms with Crippen LogP contribution in [0, 0.1) is 0 Å². The van der Waals surface area contributed by atoms with Gasteiger partial charge in [0.05, 0.1) is 12.2 Å². The number of anilines is 2. The number of amides is 1. The molecule has 3 aromatic heterocycles. The SMILES string of the molecule is CCN1C[C@H](c2nc(-c3ccc(C(=O)Nc4cc(C(F)(F)F)ccn4)cc3)c3c(N)nccn23)OC[C@@H]1C. The second-order valence-electron chi connectivity index (χ2n) is 9.07. The monoisotopic (exact) mass is 525 g/mol. The van der Waals surface area contributed by atoms with Gasteiger partial charge in [0.2, 0.25) is 0 Å². The highest BCUT2D eigenvalue weighted by Crippen LogP contribution is 2.33. The maximum atomic E-state index is 13.0. The Balaban J connectivity index is 1.43. The molecular weight excluding hydrogens is 499 g/mol. The summed E-state index contributed by atoms with van der Waals surface area (Å²) in [4.78, 5) is 27.9. The first-order valence-corrected chi connectivity index (χ1v) is 12.1. The van der Waals surface area contributed by atoms with E-state index in [9.17, 15) is 18.0 Å². The molecule has 3 N–H and O–H groups in total. The predicted octanol–water partition coefficient (Wildman–Crippen LogP) is 4.43. The molecule has 1 aliphatic heterocycles. The molecule has 0 aliphatic carbocycles. The summed E-state index contributed by atoms with van der Waals surface area (Å²) >= 11 is 0. The summed E-state index contributed by atoms with van der Waals surface area (Å²) in [5, 5.41) is 2.41. The molecule has 9 nitrogen and oxygen atoms in total.